The summed E-state index contributed by atoms with van der Waals surface area (Å²) < 4.78 is 14.9. The van der Waals surface area contributed by atoms with Gasteiger partial charge in [0.05, 0.1) is 16.9 Å². The van der Waals surface area contributed by atoms with Gasteiger partial charge in [-0.1, -0.05) is 6.07 Å². The van der Waals surface area contributed by atoms with Gasteiger partial charge in [-0.05, 0) is 90.0 Å². The number of piperazine rings is 1. The van der Waals surface area contributed by atoms with Crippen LogP contribution in [0.2, 0.25) is 0 Å². The zero-order chi connectivity index (χ0) is 27.2. The van der Waals surface area contributed by atoms with Crippen molar-refractivity contribution < 1.29 is 19.4 Å². The van der Waals surface area contributed by atoms with Gasteiger partial charge in [0, 0.05) is 44.0 Å². The molecule has 3 fully saturated rings. The SMILES string of the molecule is CC1CN(c2ccc(C(C)(C)O)cc2F)CCN1c1nccc(C(=O)N(C2CC2)C2CCC(C)(O)CC2)n1. The van der Waals surface area contributed by atoms with Gasteiger partial charge in [0.15, 0.2) is 0 Å². The second-order valence-electron chi connectivity index (χ2n) is 12.1. The Morgan fingerprint density at radius 1 is 1.13 bits per heavy atom. The Bertz CT molecular complexity index is 1170. The molecule has 1 aromatic heterocycles. The van der Waals surface area contributed by atoms with E-state index in [1.165, 1.54) is 6.07 Å². The third-order valence-electron chi connectivity index (χ3n) is 8.34. The summed E-state index contributed by atoms with van der Waals surface area (Å²) >= 11 is 0. The average Bonchev–Trinajstić information content (AvgIpc) is 3.70. The smallest absolute Gasteiger partial charge is 0.273 e. The highest BCUT2D eigenvalue weighted by Crippen LogP contribution is 2.37. The quantitative estimate of drug-likeness (QED) is 0.592. The molecule has 3 aliphatic rings. The van der Waals surface area contributed by atoms with Crippen molar-refractivity contribution in [3.05, 3.63) is 47.5 Å². The first-order valence-electron chi connectivity index (χ1n) is 13.8. The number of carbonyl (C=O) groups excluding carboxylic acids is 1. The minimum atomic E-state index is -1.10. The van der Waals surface area contributed by atoms with E-state index in [0.717, 1.165) is 25.7 Å². The number of aromatic nitrogens is 2. The molecule has 1 amide bonds. The van der Waals surface area contributed by atoms with Crippen LogP contribution in [-0.2, 0) is 5.60 Å². The largest absolute Gasteiger partial charge is 0.390 e. The molecule has 2 aliphatic carbocycles. The summed E-state index contributed by atoms with van der Waals surface area (Å²) in [5.74, 6) is 0.115. The van der Waals surface area contributed by atoms with Crippen LogP contribution < -0.4 is 9.80 Å². The zero-order valence-electron chi connectivity index (χ0n) is 22.9. The molecular formula is C29H40FN5O3. The van der Waals surface area contributed by atoms with Crippen molar-refractivity contribution in [1.29, 1.82) is 0 Å². The summed E-state index contributed by atoms with van der Waals surface area (Å²) in [5.41, 5.74) is -0.284. The Hall–Kier alpha value is -2.78. The maximum atomic E-state index is 14.9. The predicted octanol–water partition coefficient (Wildman–Crippen LogP) is 3.86. The molecule has 0 spiro atoms. The molecular weight excluding hydrogens is 485 g/mol. The van der Waals surface area contributed by atoms with Crippen LogP contribution in [0.25, 0.3) is 0 Å². The molecule has 1 atom stereocenters. The van der Waals surface area contributed by atoms with Crippen LogP contribution in [0.15, 0.2) is 30.5 Å². The zero-order valence-corrected chi connectivity index (χ0v) is 22.9. The highest BCUT2D eigenvalue weighted by molar-refractivity contribution is 5.93. The Labute approximate surface area is 224 Å². The summed E-state index contributed by atoms with van der Waals surface area (Å²) in [6.07, 6.45) is 6.70. The fraction of sp³-hybridized carbons (Fsp3) is 0.621. The van der Waals surface area contributed by atoms with Crippen LogP contribution in [-0.4, -0.2) is 74.3 Å². The topological polar surface area (TPSA) is 93.0 Å². The minimum Gasteiger partial charge on any atom is -0.390 e. The normalized spacial score (nSPS) is 26.4. The Morgan fingerprint density at radius 3 is 2.42 bits per heavy atom. The second kappa shape index (κ2) is 10.1. The first kappa shape index (κ1) is 26.8. The van der Waals surface area contributed by atoms with Gasteiger partial charge in [-0.2, -0.15) is 0 Å². The van der Waals surface area contributed by atoms with Gasteiger partial charge in [0.1, 0.15) is 11.5 Å². The van der Waals surface area contributed by atoms with E-state index >= 15 is 0 Å². The molecule has 8 nitrogen and oxygen atoms in total. The monoisotopic (exact) mass is 525 g/mol. The number of halogens is 1. The van der Waals surface area contributed by atoms with E-state index in [-0.39, 0.29) is 29.8 Å². The van der Waals surface area contributed by atoms with E-state index in [4.69, 9.17) is 4.98 Å². The number of hydrogen-bond acceptors (Lipinski definition) is 7. The van der Waals surface area contributed by atoms with Crippen LogP contribution in [0.5, 0.6) is 0 Å². The highest BCUT2D eigenvalue weighted by Gasteiger charge is 2.41. The number of anilines is 2. The van der Waals surface area contributed by atoms with Gasteiger partial charge in [-0.25, -0.2) is 14.4 Å². The molecule has 2 aromatic rings. The van der Waals surface area contributed by atoms with Crippen molar-refractivity contribution in [3.8, 4) is 0 Å². The number of nitrogens with zero attached hydrogens (tertiary/aromatic N) is 5. The van der Waals surface area contributed by atoms with Crippen molar-refractivity contribution in [1.82, 2.24) is 14.9 Å². The molecule has 2 heterocycles. The number of carbonyl (C=O) groups is 1. The molecule has 1 aliphatic heterocycles. The maximum absolute atomic E-state index is 14.9. The maximum Gasteiger partial charge on any atom is 0.273 e. The van der Waals surface area contributed by atoms with E-state index in [9.17, 15) is 19.4 Å². The van der Waals surface area contributed by atoms with Gasteiger partial charge in [-0.3, -0.25) is 4.79 Å². The lowest BCUT2D eigenvalue weighted by molar-refractivity contribution is -0.00507. The van der Waals surface area contributed by atoms with Gasteiger partial charge in [0.2, 0.25) is 5.95 Å². The average molecular weight is 526 g/mol. The lowest BCUT2D eigenvalue weighted by Crippen LogP contribution is -2.53. The fourth-order valence-electron chi connectivity index (χ4n) is 5.84. The van der Waals surface area contributed by atoms with Crippen LogP contribution in [0.3, 0.4) is 0 Å². The van der Waals surface area contributed by atoms with E-state index in [0.29, 0.717) is 55.4 Å². The molecule has 2 saturated carbocycles. The Balaban J connectivity index is 1.29. The second-order valence-corrected chi connectivity index (χ2v) is 12.1. The molecule has 1 saturated heterocycles. The summed E-state index contributed by atoms with van der Waals surface area (Å²) in [5, 5.41) is 20.6. The standard InChI is InChI=1S/C29H40FN5O3/c1-19-18-33(25-8-5-20(17-23(25)30)28(2,3)37)15-16-34(19)27-31-14-11-24(32-27)26(36)35(21-6-7-21)22-9-12-29(4,38)13-10-22/h5,8,11,14,17,19,21-22,37-38H,6-7,9-10,12-13,15-16,18H2,1-4H3. The lowest BCUT2D eigenvalue weighted by atomic mass is 9.83. The molecule has 5 rings (SSSR count). The van der Waals surface area contributed by atoms with Gasteiger partial charge in [-0.15, -0.1) is 0 Å². The molecule has 9 heteroatoms. The third kappa shape index (κ3) is 5.64. The van der Waals surface area contributed by atoms with Gasteiger partial charge < -0.3 is 24.9 Å². The van der Waals surface area contributed by atoms with Crippen molar-refractivity contribution >= 4 is 17.5 Å². The van der Waals surface area contributed by atoms with Crippen LogP contribution in [0, 0.1) is 5.82 Å². The van der Waals surface area contributed by atoms with Gasteiger partial charge >= 0.3 is 0 Å². The Morgan fingerprint density at radius 2 is 1.82 bits per heavy atom. The number of aliphatic hydroxyl groups is 2. The Kier molecular flexibility index (Phi) is 7.11. The molecule has 0 bridgehead atoms. The fourth-order valence-corrected chi connectivity index (χ4v) is 5.84. The van der Waals surface area contributed by atoms with E-state index in [2.05, 4.69) is 16.8 Å². The molecule has 1 aromatic carbocycles. The summed E-state index contributed by atoms with van der Waals surface area (Å²) in [4.78, 5) is 29.0. The third-order valence-corrected chi connectivity index (χ3v) is 8.34. The summed E-state index contributed by atoms with van der Waals surface area (Å²) in [6.45, 7) is 8.98. The van der Waals surface area contributed by atoms with E-state index in [1.807, 2.05) is 16.7 Å². The van der Waals surface area contributed by atoms with Crippen LogP contribution >= 0.6 is 0 Å². The molecule has 1 unspecified atom stereocenters. The number of hydrogen-bond donors (Lipinski definition) is 2. The first-order chi connectivity index (χ1) is 17.9. The van der Waals surface area contributed by atoms with E-state index < -0.39 is 11.2 Å². The van der Waals surface area contributed by atoms with Crippen molar-refractivity contribution in [2.75, 3.05) is 29.4 Å². The lowest BCUT2D eigenvalue weighted by Gasteiger charge is -2.41. The number of rotatable bonds is 6. The summed E-state index contributed by atoms with van der Waals surface area (Å²) in [6, 6.07) is 7.00. The van der Waals surface area contributed by atoms with Crippen molar-refractivity contribution in [2.45, 2.75) is 95.5 Å². The van der Waals surface area contributed by atoms with Crippen LogP contribution in [0.4, 0.5) is 16.0 Å². The molecule has 38 heavy (non-hydrogen) atoms. The van der Waals surface area contributed by atoms with Crippen LogP contribution in [0.1, 0.15) is 82.3 Å². The molecule has 0 radical (unpaired) electrons. The number of benzene rings is 1. The number of amides is 1. The predicted molar refractivity (Wildman–Crippen MR) is 145 cm³/mol. The molecule has 206 valence electrons. The first-order valence-corrected chi connectivity index (χ1v) is 13.8. The van der Waals surface area contributed by atoms with Crippen molar-refractivity contribution in [3.63, 3.8) is 0 Å². The molecule has 2 N–H and O–H groups in total. The van der Waals surface area contributed by atoms with E-state index in [1.54, 1.807) is 38.2 Å². The minimum absolute atomic E-state index is 0.00238. The highest BCUT2D eigenvalue weighted by atomic mass is 19.1. The van der Waals surface area contributed by atoms with Crippen molar-refractivity contribution in [2.24, 2.45) is 0 Å². The summed E-state index contributed by atoms with van der Waals surface area (Å²) in [7, 11) is 0. The van der Waals surface area contributed by atoms with Gasteiger partial charge in [0.25, 0.3) is 5.91 Å².